The molecule has 0 aromatic carbocycles. The number of rotatable bonds is 5. The highest BCUT2D eigenvalue weighted by Gasteiger charge is 2.15. The van der Waals surface area contributed by atoms with Crippen LogP contribution in [-0.2, 0) is 11.3 Å². The van der Waals surface area contributed by atoms with Gasteiger partial charge in [0.15, 0.2) is 10.7 Å². The summed E-state index contributed by atoms with van der Waals surface area (Å²) in [4.78, 5) is 41.5. The van der Waals surface area contributed by atoms with Crippen molar-refractivity contribution < 1.29 is 18.7 Å². The van der Waals surface area contributed by atoms with Crippen LogP contribution in [0.25, 0.3) is 4.96 Å². The van der Waals surface area contributed by atoms with Gasteiger partial charge in [0.25, 0.3) is 11.5 Å². The summed E-state index contributed by atoms with van der Waals surface area (Å²) in [5, 5.41) is 4.97. The SMILES string of the molecule is Cc1csc2nc(COC(=O)c3ccc(NC(=O)c4ccco4)s3)cc(=O)n12. The van der Waals surface area contributed by atoms with E-state index in [1.165, 1.54) is 28.1 Å². The molecule has 4 aromatic heterocycles. The number of hydrogen-bond acceptors (Lipinski definition) is 8. The predicted molar refractivity (Wildman–Crippen MR) is 104 cm³/mol. The molecule has 4 heterocycles. The van der Waals surface area contributed by atoms with Crippen molar-refractivity contribution in [2.75, 3.05) is 5.32 Å². The van der Waals surface area contributed by atoms with Gasteiger partial charge >= 0.3 is 5.97 Å². The van der Waals surface area contributed by atoms with Gasteiger partial charge in [-0.1, -0.05) is 0 Å². The third-order valence-electron chi connectivity index (χ3n) is 3.77. The van der Waals surface area contributed by atoms with Crippen LogP contribution in [-0.4, -0.2) is 21.3 Å². The van der Waals surface area contributed by atoms with Crippen molar-refractivity contribution in [2.24, 2.45) is 0 Å². The largest absolute Gasteiger partial charge is 0.459 e. The average Bonchev–Trinajstić information content (AvgIpc) is 3.41. The van der Waals surface area contributed by atoms with Crippen molar-refractivity contribution in [3.8, 4) is 0 Å². The lowest BCUT2D eigenvalue weighted by molar-refractivity contribution is 0.0473. The number of amides is 1. The van der Waals surface area contributed by atoms with E-state index in [0.29, 0.717) is 20.5 Å². The summed E-state index contributed by atoms with van der Waals surface area (Å²) in [6, 6.07) is 7.66. The molecule has 4 aromatic rings. The Morgan fingerprint density at radius 3 is 2.96 bits per heavy atom. The van der Waals surface area contributed by atoms with Gasteiger partial charge in [-0.15, -0.1) is 22.7 Å². The fraction of sp³-hybridized carbons (Fsp3) is 0.111. The van der Waals surface area contributed by atoms with E-state index in [9.17, 15) is 14.4 Å². The van der Waals surface area contributed by atoms with Crippen molar-refractivity contribution in [1.29, 1.82) is 0 Å². The van der Waals surface area contributed by atoms with Crippen LogP contribution >= 0.6 is 22.7 Å². The smallest absolute Gasteiger partial charge is 0.348 e. The molecule has 0 aliphatic heterocycles. The van der Waals surface area contributed by atoms with Gasteiger partial charge in [0.1, 0.15) is 11.5 Å². The van der Waals surface area contributed by atoms with Crippen molar-refractivity contribution >= 4 is 44.5 Å². The second-order valence-electron chi connectivity index (χ2n) is 5.75. The number of carbonyl (C=O) groups is 2. The molecule has 142 valence electrons. The van der Waals surface area contributed by atoms with Crippen LogP contribution in [0, 0.1) is 6.92 Å². The lowest BCUT2D eigenvalue weighted by Crippen LogP contribution is -2.16. The second-order valence-corrected chi connectivity index (χ2v) is 7.67. The standard InChI is InChI=1S/C18H13N3O5S2/c1-10-9-27-18-19-11(7-15(22)21(10)18)8-26-17(24)13-4-5-14(28-13)20-16(23)12-3-2-6-25-12/h2-7,9H,8H2,1H3,(H,20,23). The maximum absolute atomic E-state index is 12.2. The molecule has 1 amide bonds. The third kappa shape index (κ3) is 3.59. The van der Waals surface area contributed by atoms with Gasteiger partial charge in [-0.2, -0.15) is 0 Å². The molecule has 0 aliphatic carbocycles. The number of aromatic nitrogens is 2. The molecule has 0 atom stereocenters. The highest BCUT2D eigenvalue weighted by molar-refractivity contribution is 7.18. The Bertz CT molecular complexity index is 1220. The van der Waals surface area contributed by atoms with Gasteiger partial charge in [0.05, 0.1) is 17.0 Å². The van der Waals surface area contributed by atoms with E-state index in [1.54, 1.807) is 24.3 Å². The van der Waals surface area contributed by atoms with Gasteiger partial charge in [-0.3, -0.25) is 14.0 Å². The fourth-order valence-electron chi connectivity index (χ4n) is 2.48. The maximum atomic E-state index is 12.2. The summed E-state index contributed by atoms with van der Waals surface area (Å²) in [5.74, 6) is -0.794. The van der Waals surface area contributed by atoms with Crippen molar-refractivity contribution in [3.63, 3.8) is 0 Å². The number of thiophene rings is 1. The molecular weight excluding hydrogens is 402 g/mol. The third-order valence-corrected chi connectivity index (χ3v) is 5.69. The highest BCUT2D eigenvalue weighted by atomic mass is 32.1. The first-order valence-electron chi connectivity index (χ1n) is 8.10. The molecule has 0 aliphatic rings. The van der Waals surface area contributed by atoms with E-state index >= 15 is 0 Å². The highest BCUT2D eigenvalue weighted by Crippen LogP contribution is 2.23. The molecule has 0 radical (unpaired) electrons. The molecule has 10 heteroatoms. The van der Waals surface area contributed by atoms with E-state index in [1.807, 2.05) is 12.3 Å². The fourth-order valence-corrected chi connectivity index (χ4v) is 4.17. The Morgan fingerprint density at radius 1 is 1.32 bits per heavy atom. The van der Waals surface area contributed by atoms with Gasteiger partial charge in [0, 0.05) is 17.1 Å². The number of anilines is 1. The topological polar surface area (TPSA) is 103 Å². The van der Waals surface area contributed by atoms with Crippen molar-refractivity contribution in [2.45, 2.75) is 13.5 Å². The molecule has 0 spiro atoms. The van der Waals surface area contributed by atoms with Crippen LogP contribution < -0.4 is 10.9 Å². The van der Waals surface area contributed by atoms with Gasteiger partial charge in [0.2, 0.25) is 0 Å². The Hall–Kier alpha value is -3.24. The zero-order valence-electron chi connectivity index (χ0n) is 14.5. The minimum atomic E-state index is -0.562. The molecule has 0 saturated heterocycles. The number of fused-ring (bicyclic) bond motifs is 1. The number of ether oxygens (including phenoxy) is 1. The summed E-state index contributed by atoms with van der Waals surface area (Å²) >= 11 is 2.42. The molecule has 1 N–H and O–H groups in total. The number of esters is 1. The summed E-state index contributed by atoms with van der Waals surface area (Å²) in [6.45, 7) is 1.71. The number of furan rings is 1. The molecule has 0 fully saturated rings. The van der Waals surface area contributed by atoms with Crippen molar-refractivity contribution in [3.05, 3.63) is 74.4 Å². The molecule has 8 nitrogen and oxygen atoms in total. The Morgan fingerprint density at radius 2 is 2.18 bits per heavy atom. The number of thiazole rings is 1. The summed E-state index contributed by atoms with van der Waals surface area (Å²) in [5.41, 5.74) is 0.973. The first-order valence-corrected chi connectivity index (χ1v) is 9.79. The quantitative estimate of drug-likeness (QED) is 0.502. The molecule has 4 rings (SSSR count). The monoisotopic (exact) mass is 415 g/mol. The van der Waals surface area contributed by atoms with Crippen LogP contribution in [0.2, 0.25) is 0 Å². The number of aryl methyl sites for hydroxylation is 1. The Labute approximate surface area is 166 Å². The van der Waals surface area contributed by atoms with E-state index in [-0.39, 0.29) is 17.9 Å². The van der Waals surface area contributed by atoms with Crippen LogP contribution in [0.4, 0.5) is 5.00 Å². The van der Waals surface area contributed by atoms with Crippen LogP contribution in [0.1, 0.15) is 31.6 Å². The number of carbonyl (C=O) groups excluding carboxylic acids is 2. The van der Waals surface area contributed by atoms with Gasteiger partial charge in [-0.05, 0) is 31.2 Å². The molecule has 0 unspecified atom stereocenters. The Balaban J connectivity index is 1.41. The van der Waals surface area contributed by atoms with E-state index in [0.717, 1.165) is 17.0 Å². The zero-order chi connectivity index (χ0) is 19.7. The maximum Gasteiger partial charge on any atom is 0.348 e. The number of nitrogens with one attached hydrogen (secondary N) is 1. The van der Waals surface area contributed by atoms with Crippen LogP contribution in [0.5, 0.6) is 0 Å². The van der Waals surface area contributed by atoms with Crippen LogP contribution in [0.15, 0.2) is 51.2 Å². The van der Waals surface area contributed by atoms with Gasteiger partial charge < -0.3 is 14.5 Å². The van der Waals surface area contributed by atoms with Crippen LogP contribution in [0.3, 0.4) is 0 Å². The summed E-state index contributed by atoms with van der Waals surface area (Å²) in [6.07, 6.45) is 1.40. The normalized spacial score (nSPS) is 10.9. The lowest BCUT2D eigenvalue weighted by atomic mass is 10.4. The molecule has 0 bridgehead atoms. The first-order chi connectivity index (χ1) is 13.5. The zero-order valence-corrected chi connectivity index (χ0v) is 16.1. The summed E-state index contributed by atoms with van der Waals surface area (Å²) < 4.78 is 11.8. The number of nitrogens with zero attached hydrogens (tertiary/aromatic N) is 2. The summed E-state index contributed by atoms with van der Waals surface area (Å²) in [7, 11) is 0. The second kappa shape index (κ2) is 7.41. The number of hydrogen-bond donors (Lipinski definition) is 1. The van der Waals surface area contributed by atoms with E-state index < -0.39 is 11.9 Å². The van der Waals surface area contributed by atoms with E-state index in [2.05, 4.69) is 10.3 Å². The van der Waals surface area contributed by atoms with Crippen molar-refractivity contribution in [1.82, 2.24) is 9.38 Å². The van der Waals surface area contributed by atoms with Gasteiger partial charge in [-0.25, -0.2) is 9.78 Å². The molecule has 0 saturated carbocycles. The lowest BCUT2D eigenvalue weighted by Gasteiger charge is -2.03. The molecule has 28 heavy (non-hydrogen) atoms. The minimum Gasteiger partial charge on any atom is -0.459 e. The average molecular weight is 415 g/mol. The van der Waals surface area contributed by atoms with E-state index in [4.69, 9.17) is 9.15 Å². The predicted octanol–water partition coefficient (Wildman–Crippen LogP) is 3.33. The Kier molecular flexibility index (Phi) is 4.80. The minimum absolute atomic E-state index is 0.118. The first kappa shape index (κ1) is 18.1. The molecular formula is C18H13N3O5S2.